The fourth-order valence-corrected chi connectivity index (χ4v) is 4.19. The molecule has 1 heterocycles. The van der Waals surface area contributed by atoms with Crippen molar-refractivity contribution in [1.29, 1.82) is 0 Å². The molecule has 2 aliphatic rings. The number of nitrogens with zero attached hydrogens (tertiary/aromatic N) is 1. The first-order chi connectivity index (χ1) is 13.3. The van der Waals surface area contributed by atoms with Gasteiger partial charge in [0.05, 0.1) is 0 Å². The topological polar surface area (TPSA) is 33.7 Å². The molecule has 4 nitrogen and oxygen atoms in total. The summed E-state index contributed by atoms with van der Waals surface area (Å²) >= 11 is 5.78. The normalized spacial score (nSPS) is 15.7. The Morgan fingerprint density at radius 2 is 1.78 bits per heavy atom. The zero-order valence-corrected chi connectivity index (χ0v) is 16.3. The Labute approximate surface area is 166 Å². The van der Waals surface area contributed by atoms with Crippen molar-refractivity contribution >= 4 is 17.3 Å². The lowest BCUT2D eigenvalue weighted by Gasteiger charge is -2.32. The molecule has 4 rings (SSSR count). The highest BCUT2D eigenvalue weighted by molar-refractivity contribution is 7.80. The Morgan fingerprint density at radius 3 is 2.59 bits per heavy atom. The van der Waals surface area contributed by atoms with Crippen LogP contribution in [0.5, 0.6) is 11.5 Å². The van der Waals surface area contributed by atoms with Crippen LogP contribution in [0.15, 0.2) is 48.5 Å². The Morgan fingerprint density at radius 1 is 1.00 bits per heavy atom. The van der Waals surface area contributed by atoms with Crippen LogP contribution in [0.1, 0.15) is 36.8 Å². The summed E-state index contributed by atoms with van der Waals surface area (Å²) in [5.41, 5.74) is 2.54. The number of rotatable bonds is 6. The number of ether oxygens (including phenoxy) is 2. The van der Waals surface area contributed by atoms with Gasteiger partial charge in [0, 0.05) is 19.1 Å². The smallest absolute Gasteiger partial charge is 0.231 e. The van der Waals surface area contributed by atoms with Gasteiger partial charge in [-0.15, -0.1) is 0 Å². The maximum absolute atomic E-state index is 5.78. The first kappa shape index (κ1) is 18.1. The number of benzene rings is 2. The van der Waals surface area contributed by atoms with Crippen molar-refractivity contribution in [2.24, 2.45) is 0 Å². The standard InChI is InChI=1S/C22H26N2O2S/c27-22(23-13-12-17-6-2-1-3-7-17)24(19-8-4-5-9-19)15-18-10-11-20-21(14-18)26-16-25-20/h1-3,6-7,10-11,14,19H,4-5,8-9,12-13,15-16H2,(H,23,27). The molecule has 0 aromatic heterocycles. The Balaban J connectivity index is 1.40. The van der Waals surface area contributed by atoms with E-state index in [1.54, 1.807) is 0 Å². The van der Waals surface area contributed by atoms with Crippen LogP contribution in [-0.2, 0) is 13.0 Å². The van der Waals surface area contributed by atoms with E-state index < -0.39 is 0 Å². The van der Waals surface area contributed by atoms with Crippen molar-refractivity contribution in [1.82, 2.24) is 10.2 Å². The van der Waals surface area contributed by atoms with Crippen LogP contribution < -0.4 is 14.8 Å². The van der Waals surface area contributed by atoms with Crippen LogP contribution in [0.4, 0.5) is 0 Å². The largest absolute Gasteiger partial charge is 0.454 e. The second-order valence-electron chi connectivity index (χ2n) is 7.22. The van der Waals surface area contributed by atoms with E-state index in [0.717, 1.165) is 36.1 Å². The predicted octanol–water partition coefficient (Wildman–Crippen LogP) is 4.28. The summed E-state index contributed by atoms with van der Waals surface area (Å²) in [6.45, 7) is 1.97. The van der Waals surface area contributed by atoms with Crippen LogP contribution in [0.2, 0.25) is 0 Å². The van der Waals surface area contributed by atoms with E-state index in [1.165, 1.54) is 36.8 Å². The summed E-state index contributed by atoms with van der Waals surface area (Å²) in [6, 6.07) is 17.2. The summed E-state index contributed by atoms with van der Waals surface area (Å²) in [4.78, 5) is 2.37. The molecule has 0 atom stereocenters. The van der Waals surface area contributed by atoms with Gasteiger partial charge >= 0.3 is 0 Å². The van der Waals surface area contributed by atoms with Crippen molar-refractivity contribution in [3.05, 3.63) is 59.7 Å². The third kappa shape index (κ3) is 4.53. The average Bonchev–Trinajstić information content (AvgIpc) is 3.38. The van der Waals surface area contributed by atoms with Crippen molar-refractivity contribution in [2.75, 3.05) is 13.3 Å². The molecular weight excluding hydrogens is 356 g/mol. The van der Waals surface area contributed by atoms with E-state index in [0.29, 0.717) is 12.8 Å². The SMILES string of the molecule is S=C(NCCc1ccccc1)N(Cc1ccc2c(c1)OCO2)C1CCCC1. The summed E-state index contributed by atoms with van der Waals surface area (Å²) in [6.07, 6.45) is 5.98. The molecule has 1 aliphatic carbocycles. The van der Waals surface area contributed by atoms with E-state index in [-0.39, 0.29) is 0 Å². The minimum atomic E-state index is 0.310. The zero-order chi connectivity index (χ0) is 18.5. The molecule has 1 aliphatic heterocycles. The second kappa shape index (κ2) is 8.61. The lowest BCUT2D eigenvalue weighted by molar-refractivity contribution is 0.174. The highest BCUT2D eigenvalue weighted by Crippen LogP contribution is 2.33. The van der Waals surface area contributed by atoms with E-state index in [2.05, 4.69) is 52.7 Å². The number of fused-ring (bicyclic) bond motifs is 1. The molecule has 0 spiro atoms. The minimum absolute atomic E-state index is 0.310. The Bertz CT molecular complexity index is 775. The summed E-state index contributed by atoms with van der Waals surface area (Å²) in [7, 11) is 0. The van der Waals surface area contributed by atoms with Crippen LogP contribution >= 0.6 is 12.2 Å². The fourth-order valence-electron chi connectivity index (χ4n) is 3.88. The molecule has 5 heteroatoms. The number of nitrogens with one attached hydrogen (secondary N) is 1. The van der Waals surface area contributed by atoms with Crippen LogP contribution in [0.3, 0.4) is 0 Å². The molecule has 27 heavy (non-hydrogen) atoms. The molecule has 1 fully saturated rings. The maximum Gasteiger partial charge on any atom is 0.231 e. The lowest BCUT2D eigenvalue weighted by Crippen LogP contribution is -2.45. The van der Waals surface area contributed by atoms with Crippen LogP contribution in [-0.4, -0.2) is 29.4 Å². The molecule has 0 unspecified atom stereocenters. The third-order valence-electron chi connectivity index (χ3n) is 5.35. The highest BCUT2D eigenvalue weighted by Gasteiger charge is 2.25. The Hall–Kier alpha value is -2.27. The zero-order valence-electron chi connectivity index (χ0n) is 15.5. The third-order valence-corrected chi connectivity index (χ3v) is 5.73. The van der Waals surface area contributed by atoms with Crippen LogP contribution in [0, 0.1) is 0 Å². The van der Waals surface area contributed by atoms with Gasteiger partial charge in [0.15, 0.2) is 16.6 Å². The number of hydrogen-bond acceptors (Lipinski definition) is 3. The molecule has 2 aromatic rings. The lowest BCUT2D eigenvalue weighted by atomic mass is 10.1. The monoisotopic (exact) mass is 382 g/mol. The van der Waals surface area contributed by atoms with Gasteiger partial charge in [0.1, 0.15) is 0 Å². The summed E-state index contributed by atoms with van der Waals surface area (Å²) in [5, 5.41) is 4.34. The molecule has 0 bridgehead atoms. The van der Waals surface area contributed by atoms with E-state index >= 15 is 0 Å². The molecule has 0 radical (unpaired) electrons. The van der Waals surface area contributed by atoms with Crippen LogP contribution in [0.25, 0.3) is 0 Å². The fraction of sp³-hybridized carbons (Fsp3) is 0.409. The molecule has 0 amide bonds. The van der Waals surface area contributed by atoms with Gasteiger partial charge in [-0.05, 0) is 54.7 Å². The van der Waals surface area contributed by atoms with E-state index in [4.69, 9.17) is 21.7 Å². The quantitative estimate of drug-likeness (QED) is 0.755. The van der Waals surface area contributed by atoms with Gasteiger partial charge < -0.3 is 19.7 Å². The van der Waals surface area contributed by atoms with Gasteiger partial charge in [0.25, 0.3) is 0 Å². The van der Waals surface area contributed by atoms with Gasteiger partial charge in [-0.25, -0.2) is 0 Å². The van der Waals surface area contributed by atoms with Crippen molar-refractivity contribution in [3.8, 4) is 11.5 Å². The molecule has 0 saturated heterocycles. The maximum atomic E-state index is 5.78. The number of thiocarbonyl (C=S) groups is 1. The Kier molecular flexibility index (Phi) is 5.78. The molecule has 1 N–H and O–H groups in total. The van der Waals surface area contributed by atoms with Gasteiger partial charge in [-0.1, -0.05) is 49.2 Å². The van der Waals surface area contributed by atoms with E-state index in [9.17, 15) is 0 Å². The predicted molar refractivity (Wildman–Crippen MR) is 111 cm³/mol. The van der Waals surface area contributed by atoms with Crippen molar-refractivity contribution < 1.29 is 9.47 Å². The van der Waals surface area contributed by atoms with E-state index in [1.807, 2.05) is 6.07 Å². The molecule has 2 aromatic carbocycles. The first-order valence-electron chi connectivity index (χ1n) is 9.76. The second-order valence-corrected chi connectivity index (χ2v) is 7.61. The molecular formula is C22H26N2O2S. The summed E-state index contributed by atoms with van der Waals surface area (Å²) < 4.78 is 11.0. The number of hydrogen-bond donors (Lipinski definition) is 1. The van der Waals surface area contributed by atoms with Gasteiger partial charge in [0.2, 0.25) is 6.79 Å². The van der Waals surface area contributed by atoms with Crippen molar-refractivity contribution in [2.45, 2.75) is 44.7 Å². The van der Waals surface area contributed by atoms with Gasteiger partial charge in [-0.3, -0.25) is 0 Å². The summed E-state index contributed by atoms with van der Waals surface area (Å²) in [5.74, 6) is 1.66. The van der Waals surface area contributed by atoms with Gasteiger partial charge in [-0.2, -0.15) is 0 Å². The minimum Gasteiger partial charge on any atom is -0.454 e. The first-order valence-corrected chi connectivity index (χ1v) is 10.2. The molecule has 142 valence electrons. The average molecular weight is 383 g/mol. The molecule has 1 saturated carbocycles. The highest BCUT2D eigenvalue weighted by atomic mass is 32.1. The van der Waals surface area contributed by atoms with Crippen molar-refractivity contribution in [3.63, 3.8) is 0 Å².